The van der Waals surface area contributed by atoms with Crippen LogP contribution in [-0.2, 0) is 28.7 Å². The van der Waals surface area contributed by atoms with E-state index in [4.69, 9.17) is 10.5 Å². The fourth-order valence-electron chi connectivity index (χ4n) is 6.02. The van der Waals surface area contributed by atoms with E-state index in [0.29, 0.717) is 13.0 Å². The molecule has 3 fully saturated rings. The van der Waals surface area contributed by atoms with Crippen LogP contribution in [0.3, 0.4) is 0 Å². The molecule has 3 aliphatic rings. The van der Waals surface area contributed by atoms with Gasteiger partial charge in [-0.2, -0.15) is 0 Å². The summed E-state index contributed by atoms with van der Waals surface area (Å²) in [7, 11) is 0. The van der Waals surface area contributed by atoms with E-state index < -0.39 is 65.1 Å². The number of fused-ring (bicyclic) bond motifs is 1. The third-order valence-corrected chi connectivity index (χ3v) is 8.77. The molecule has 0 spiro atoms. The zero-order valence-corrected chi connectivity index (χ0v) is 26.0. The second-order valence-electron chi connectivity index (χ2n) is 14.1. The predicted molar refractivity (Wildman–Crippen MR) is 154 cm³/mol. The minimum absolute atomic E-state index is 0.0580. The molecule has 1 saturated heterocycles. The van der Waals surface area contributed by atoms with Crippen LogP contribution in [0.4, 0.5) is 4.79 Å². The number of amides is 5. The molecule has 0 aromatic carbocycles. The summed E-state index contributed by atoms with van der Waals surface area (Å²) in [6.07, 6.45) is 2.14. The van der Waals surface area contributed by atoms with Crippen LogP contribution in [0.2, 0.25) is 0 Å². The monoisotopic (exact) mass is 589 g/mol. The third kappa shape index (κ3) is 7.30. The highest BCUT2D eigenvalue weighted by Crippen LogP contribution is 2.65. The van der Waals surface area contributed by atoms with Gasteiger partial charge in [-0.05, 0) is 47.8 Å². The summed E-state index contributed by atoms with van der Waals surface area (Å²) in [5.41, 5.74) is 4.30. The summed E-state index contributed by atoms with van der Waals surface area (Å²) in [6, 6.07) is -4.70. The average molecular weight is 590 g/mol. The summed E-state index contributed by atoms with van der Waals surface area (Å²) in [6.45, 7) is 18.3. The van der Waals surface area contributed by atoms with Crippen LogP contribution in [0.1, 0.15) is 74.7 Å². The molecule has 6 atom stereocenters. The van der Waals surface area contributed by atoms with Gasteiger partial charge in [0.1, 0.15) is 18.1 Å². The van der Waals surface area contributed by atoms with Crippen LogP contribution in [0.5, 0.6) is 0 Å². The maximum absolute atomic E-state index is 14.1. The quantitative estimate of drug-likeness (QED) is 0.152. The molecule has 12 heteroatoms. The van der Waals surface area contributed by atoms with Gasteiger partial charge < -0.3 is 31.3 Å². The van der Waals surface area contributed by atoms with Crippen molar-refractivity contribution in [1.29, 1.82) is 0 Å². The SMILES string of the molecule is C=C(C)OC(=O)[C@@H](NC(=O)N[C@H](C(=O)N1C[C@H]2[C@@H]([C@H]1C(=O)NC(CC1CC1)C(=O)C(N)=O)C2(C)C)C(C)(C)C)C(C)C. The molecule has 5 N–H and O–H groups in total. The number of primary amides is 1. The summed E-state index contributed by atoms with van der Waals surface area (Å²) in [5, 5.41) is 8.07. The van der Waals surface area contributed by atoms with Gasteiger partial charge in [-0.15, -0.1) is 0 Å². The van der Waals surface area contributed by atoms with Crippen molar-refractivity contribution in [2.45, 2.75) is 98.8 Å². The maximum atomic E-state index is 14.1. The van der Waals surface area contributed by atoms with Crippen molar-refractivity contribution in [1.82, 2.24) is 20.9 Å². The first-order chi connectivity index (χ1) is 19.3. The molecule has 1 heterocycles. The van der Waals surface area contributed by atoms with Crippen molar-refractivity contribution in [3.8, 4) is 0 Å². The zero-order valence-electron chi connectivity index (χ0n) is 26.0. The lowest BCUT2D eigenvalue weighted by atomic mass is 9.85. The zero-order chi connectivity index (χ0) is 31.9. The van der Waals surface area contributed by atoms with Crippen molar-refractivity contribution >= 4 is 35.5 Å². The number of allylic oxidation sites excluding steroid dienone is 1. The molecule has 12 nitrogen and oxygen atoms in total. The number of ether oxygens (including phenoxy) is 1. The first-order valence-corrected chi connectivity index (χ1v) is 14.7. The molecule has 234 valence electrons. The van der Waals surface area contributed by atoms with Crippen LogP contribution in [0.25, 0.3) is 0 Å². The van der Waals surface area contributed by atoms with Crippen molar-refractivity contribution in [2.75, 3.05) is 6.54 Å². The molecule has 3 rings (SSSR count). The number of nitrogens with two attached hydrogens (primary N) is 1. The van der Waals surface area contributed by atoms with Crippen LogP contribution in [0.15, 0.2) is 12.3 Å². The minimum Gasteiger partial charge on any atom is -0.430 e. The molecule has 0 aromatic rings. The number of hydrogen-bond donors (Lipinski definition) is 4. The summed E-state index contributed by atoms with van der Waals surface area (Å²) in [4.78, 5) is 79.2. The van der Waals surface area contributed by atoms with E-state index in [1.54, 1.807) is 34.6 Å². The van der Waals surface area contributed by atoms with Crippen LogP contribution < -0.4 is 21.7 Å². The van der Waals surface area contributed by atoms with Gasteiger partial charge in [-0.1, -0.05) is 67.9 Å². The van der Waals surface area contributed by atoms with Crippen molar-refractivity contribution in [3.05, 3.63) is 12.3 Å². The molecule has 1 unspecified atom stereocenters. The second kappa shape index (κ2) is 12.0. The van der Waals surface area contributed by atoms with Gasteiger partial charge in [0.05, 0.1) is 11.8 Å². The van der Waals surface area contributed by atoms with E-state index in [0.717, 1.165) is 12.8 Å². The highest BCUT2D eigenvalue weighted by molar-refractivity contribution is 6.37. The van der Waals surface area contributed by atoms with Crippen LogP contribution in [0, 0.1) is 34.5 Å². The molecular formula is C30H47N5O7. The van der Waals surface area contributed by atoms with Gasteiger partial charge >= 0.3 is 12.0 Å². The van der Waals surface area contributed by atoms with Crippen molar-refractivity contribution in [3.63, 3.8) is 0 Å². The van der Waals surface area contributed by atoms with Gasteiger partial charge in [0, 0.05) is 6.54 Å². The van der Waals surface area contributed by atoms with Gasteiger partial charge in [0.2, 0.25) is 17.6 Å². The lowest BCUT2D eigenvalue weighted by molar-refractivity contribution is -0.145. The smallest absolute Gasteiger partial charge is 0.334 e. The topological polar surface area (TPSA) is 177 Å². The molecule has 1 aliphatic heterocycles. The molecule has 2 saturated carbocycles. The number of nitrogens with one attached hydrogen (secondary N) is 3. The number of likely N-dealkylation sites (tertiary alicyclic amines) is 1. The Hall–Kier alpha value is -3.44. The Balaban J connectivity index is 1.81. The molecule has 5 amide bonds. The predicted octanol–water partition coefficient (Wildman–Crippen LogP) is 1.62. The van der Waals surface area contributed by atoms with E-state index in [1.807, 2.05) is 13.8 Å². The van der Waals surface area contributed by atoms with Gasteiger partial charge in [0.15, 0.2) is 0 Å². The number of carbonyl (C=O) groups is 6. The number of rotatable bonds is 12. The largest absolute Gasteiger partial charge is 0.430 e. The first kappa shape index (κ1) is 33.1. The number of esters is 1. The van der Waals surface area contributed by atoms with Crippen LogP contribution >= 0.6 is 0 Å². The van der Waals surface area contributed by atoms with Gasteiger partial charge in [-0.25, -0.2) is 9.59 Å². The fraction of sp³-hybridized carbons (Fsp3) is 0.733. The first-order valence-electron chi connectivity index (χ1n) is 14.7. The Kier molecular flexibility index (Phi) is 9.48. The Morgan fingerprint density at radius 3 is 2.12 bits per heavy atom. The molecular weight excluding hydrogens is 542 g/mol. The van der Waals surface area contributed by atoms with Crippen molar-refractivity contribution in [2.24, 2.45) is 40.2 Å². The number of urea groups is 1. The highest BCUT2D eigenvalue weighted by Gasteiger charge is 2.70. The lowest BCUT2D eigenvalue weighted by Gasteiger charge is -2.38. The minimum atomic E-state index is -1.11. The highest BCUT2D eigenvalue weighted by atomic mass is 16.5. The van der Waals surface area contributed by atoms with E-state index in [1.165, 1.54) is 11.8 Å². The van der Waals surface area contributed by atoms with Gasteiger partial charge in [-0.3, -0.25) is 19.2 Å². The van der Waals surface area contributed by atoms with Gasteiger partial charge in [0.25, 0.3) is 5.91 Å². The van der Waals surface area contributed by atoms with Crippen molar-refractivity contribution < 1.29 is 33.5 Å². The number of hydrogen-bond acceptors (Lipinski definition) is 7. The Labute approximate surface area is 247 Å². The fourth-order valence-corrected chi connectivity index (χ4v) is 6.02. The number of nitrogens with zero attached hydrogens (tertiary/aromatic N) is 1. The van der Waals surface area contributed by atoms with E-state index in [9.17, 15) is 28.8 Å². The summed E-state index contributed by atoms with van der Waals surface area (Å²) in [5.74, 6) is -3.57. The normalized spacial score (nSPS) is 24.5. The number of piperidine rings is 1. The van der Waals surface area contributed by atoms with Crippen LogP contribution in [-0.4, -0.2) is 71.1 Å². The Bertz CT molecular complexity index is 1150. The Morgan fingerprint density at radius 1 is 1.05 bits per heavy atom. The average Bonchev–Trinajstić information content (AvgIpc) is 3.70. The maximum Gasteiger partial charge on any atom is 0.334 e. The molecule has 0 aromatic heterocycles. The van der Waals surface area contributed by atoms with E-state index in [2.05, 4.69) is 22.5 Å². The number of Topliss-reactive ketones (excluding diaryl/α,β-unsaturated/α-hetero) is 1. The number of ketones is 1. The number of carbonyl (C=O) groups excluding carboxylic acids is 6. The molecule has 42 heavy (non-hydrogen) atoms. The van der Waals surface area contributed by atoms with E-state index in [-0.39, 0.29) is 34.8 Å². The standard InChI is InChI=1S/C30H47N5O7/c1-14(2)20(27(40)42-15(3)4)33-28(41)34-23(29(5,6)7)26(39)35-13-17-19(30(17,8)9)21(35)25(38)32-18(12-16-10-11-16)22(36)24(31)37/h14,16-21,23H,3,10-13H2,1-2,4-9H3,(H2,31,37)(H,32,38)(H2,33,34,41)/t17-,18?,19-,20-,21-,23+/m0/s1. The lowest BCUT2D eigenvalue weighted by Crippen LogP contribution is -2.62. The molecule has 0 radical (unpaired) electrons. The van der Waals surface area contributed by atoms with E-state index >= 15 is 0 Å². The molecule has 2 aliphatic carbocycles. The second-order valence-corrected chi connectivity index (χ2v) is 14.1. The summed E-state index contributed by atoms with van der Waals surface area (Å²) < 4.78 is 5.09. The Morgan fingerprint density at radius 2 is 1.64 bits per heavy atom. The molecule has 0 bridgehead atoms. The summed E-state index contributed by atoms with van der Waals surface area (Å²) >= 11 is 0. The third-order valence-electron chi connectivity index (χ3n) is 8.77.